The van der Waals surface area contributed by atoms with Crippen LogP contribution in [0, 0.1) is 17.2 Å². The molecule has 1 aliphatic rings. The van der Waals surface area contributed by atoms with Crippen LogP contribution in [0.2, 0.25) is 0 Å². The van der Waals surface area contributed by atoms with Crippen LogP contribution >= 0.6 is 0 Å². The van der Waals surface area contributed by atoms with E-state index in [1.165, 1.54) is 25.7 Å². The maximum absolute atomic E-state index is 9.16. The number of hydrogen-bond acceptors (Lipinski definition) is 3. The van der Waals surface area contributed by atoms with Crippen LogP contribution in [0.1, 0.15) is 38.2 Å². The van der Waals surface area contributed by atoms with Gasteiger partial charge in [0.25, 0.3) is 0 Å². The fourth-order valence-corrected chi connectivity index (χ4v) is 2.55. The van der Waals surface area contributed by atoms with Gasteiger partial charge in [0.15, 0.2) is 0 Å². The summed E-state index contributed by atoms with van der Waals surface area (Å²) in [5.74, 6) is 1.59. The summed E-state index contributed by atoms with van der Waals surface area (Å²) >= 11 is 0. The molecular formula is C15H20N2O. The Bertz CT molecular complexity index is 442. The molecule has 1 aromatic carbocycles. The molecule has 1 aromatic rings. The van der Waals surface area contributed by atoms with Crippen molar-refractivity contribution in [1.82, 2.24) is 0 Å². The van der Waals surface area contributed by atoms with E-state index in [1.54, 1.807) is 7.11 Å². The molecule has 0 radical (unpaired) electrons. The van der Waals surface area contributed by atoms with E-state index in [9.17, 15) is 0 Å². The maximum Gasteiger partial charge on any atom is 0.143 e. The van der Waals surface area contributed by atoms with Crippen molar-refractivity contribution in [3.63, 3.8) is 0 Å². The summed E-state index contributed by atoms with van der Waals surface area (Å²) in [6, 6.07) is 8.27. The average molecular weight is 244 g/mol. The Kier molecular flexibility index (Phi) is 4.09. The third kappa shape index (κ3) is 2.76. The molecule has 0 spiro atoms. The molecule has 0 bridgehead atoms. The number of anilines is 1. The van der Waals surface area contributed by atoms with E-state index in [2.05, 4.69) is 18.3 Å². The molecule has 0 saturated heterocycles. The van der Waals surface area contributed by atoms with E-state index < -0.39 is 0 Å². The number of nitriles is 1. The zero-order valence-electron chi connectivity index (χ0n) is 11.1. The Balaban J connectivity index is 2.15. The van der Waals surface area contributed by atoms with E-state index >= 15 is 0 Å². The van der Waals surface area contributed by atoms with Crippen LogP contribution in [-0.4, -0.2) is 13.2 Å². The summed E-state index contributed by atoms with van der Waals surface area (Å²) in [6.07, 6.45) is 4.86. The zero-order chi connectivity index (χ0) is 13.0. The molecular weight excluding hydrogens is 224 g/mol. The van der Waals surface area contributed by atoms with Gasteiger partial charge in [0.05, 0.1) is 18.4 Å². The van der Waals surface area contributed by atoms with Crippen molar-refractivity contribution in [3.8, 4) is 11.8 Å². The first-order valence-corrected chi connectivity index (χ1v) is 6.58. The number of rotatable bonds is 3. The standard InChI is InChI=1S/C15H20N2O/c1-11-6-8-13(9-7-11)17-15-12(10-16)4-3-5-14(15)18-2/h3-5,11,13,17H,6-9H2,1-2H3. The summed E-state index contributed by atoms with van der Waals surface area (Å²) in [7, 11) is 1.64. The number of hydrogen-bond donors (Lipinski definition) is 1. The van der Waals surface area contributed by atoms with Crippen LogP contribution < -0.4 is 10.1 Å². The Morgan fingerprint density at radius 3 is 2.61 bits per heavy atom. The smallest absolute Gasteiger partial charge is 0.143 e. The summed E-state index contributed by atoms with van der Waals surface area (Å²) in [4.78, 5) is 0. The van der Waals surface area contributed by atoms with Gasteiger partial charge in [-0.25, -0.2) is 0 Å². The van der Waals surface area contributed by atoms with Crippen molar-refractivity contribution in [2.24, 2.45) is 5.92 Å². The third-order valence-electron chi connectivity index (χ3n) is 3.73. The Morgan fingerprint density at radius 1 is 1.28 bits per heavy atom. The van der Waals surface area contributed by atoms with Crippen molar-refractivity contribution in [1.29, 1.82) is 5.26 Å². The monoisotopic (exact) mass is 244 g/mol. The van der Waals surface area contributed by atoms with Gasteiger partial charge in [0.2, 0.25) is 0 Å². The molecule has 0 heterocycles. The minimum atomic E-state index is 0.463. The summed E-state index contributed by atoms with van der Waals surface area (Å²) in [6.45, 7) is 2.31. The van der Waals surface area contributed by atoms with Gasteiger partial charge in [-0.05, 0) is 43.7 Å². The number of ether oxygens (including phenoxy) is 1. The van der Waals surface area contributed by atoms with Gasteiger partial charge in [0, 0.05) is 6.04 Å². The predicted octanol–water partition coefficient (Wildman–Crippen LogP) is 3.56. The first kappa shape index (κ1) is 12.8. The van der Waals surface area contributed by atoms with Crippen molar-refractivity contribution in [2.75, 3.05) is 12.4 Å². The van der Waals surface area contributed by atoms with Crippen LogP contribution in [0.5, 0.6) is 5.75 Å². The predicted molar refractivity (Wildman–Crippen MR) is 72.8 cm³/mol. The molecule has 1 aliphatic carbocycles. The highest BCUT2D eigenvalue weighted by molar-refractivity contribution is 5.66. The maximum atomic E-state index is 9.16. The first-order chi connectivity index (χ1) is 8.74. The van der Waals surface area contributed by atoms with E-state index in [1.807, 2.05) is 18.2 Å². The van der Waals surface area contributed by atoms with Gasteiger partial charge in [0.1, 0.15) is 11.8 Å². The van der Waals surface area contributed by atoms with Gasteiger partial charge in [-0.3, -0.25) is 0 Å². The molecule has 96 valence electrons. The number of nitrogens with zero attached hydrogens (tertiary/aromatic N) is 1. The molecule has 0 aliphatic heterocycles. The van der Waals surface area contributed by atoms with E-state index in [0.29, 0.717) is 11.6 Å². The van der Waals surface area contributed by atoms with E-state index in [-0.39, 0.29) is 0 Å². The third-order valence-corrected chi connectivity index (χ3v) is 3.73. The minimum Gasteiger partial charge on any atom is -0.495 e. The molecule has 1 fully saturated rings. The molecule has 0 amide bonds. The number of para-hydroxylation sites is 1. The topological polar surface area (TPSA) is 45.0 Å². The van der Waals surface area contributed by atoms with Gasteiger partial charge >= 0.3 is 0 Å². The lowest BCUT2D eigenvalue weighted by atomic mass is 9.87. The fraction of sp³-hybridized carbons (Fsp3) is 0.533. The van der Waals surface area contributed by atoms with Gasteiger partial charge < -0.3 is 10.1 Å². The second kappa shape index (κ2) is 5.77. The second-order valence-corrected chi connectivity index (χ2v) is 5.10. The van der Waals surface area contributed by atoms with Crippen LogP contribution in [-0.2, 0) is 0 Å². The molecule has 3 nitrogen and oxygen atoms in total. The van der Waals surface area contributed by atoms with Crippen molar-refractivity contribution in [3.05, 3.63) is 23.8 Å². The molecule has 3 heteroatoms. The Labute approximate surface area is 109 Å². The van der Waals surface area contributed by atoms with Crippen molar-refractivity contribution in [2.45, 2.75) is 38.6 Å². The molecule has 18 heavy (non-hydrogen) atoms. The average Bonchev–Trinajstić information content (AvgIpc) is 2.41. The highest BCUT2D eigenvalue weighted by Crippen LogP contribution is 2.32. The summed E-state index contributed by atoms with van der Waals surface area (Å²) in [5, 5.41) is 12.7. The quantitative estimate of drug-likeness (QED) is 0.884. The van der Waals surface area contributed by atoms with Crippen molar-refractivity contribution >= 4 is 5.69 Å². The highest BCUT2D eigenvalue weighted by Gasteiger charge is 2.20. The first-order valence-electron chi connectivity index (χ1n) is 6.58. The van der Waals surface area contributed by atoms with Crippen LogP contribution in [0.15, 0.2) is 18.2 Å². The Morgan fingerprint density at radius 2 is 2.00 bits per heavy atom. The fourth-order valence-electron chi connectivity index (χ4n) is 2.55. The number of benzene rings is 1. The molecule has 0 unspecified atom stereocenters. The number of methoxy groups -OCH3 is 1. The molecule has 0 atom stereocenters. The van der Waals surface area contributed by atoms with Crippen LogP contribution in [0.4, 0.5) is 5.69 Å². The van der Waals surface area contributed by atoms with Crippen LogP contribution in [0.3, 0.4) is 0 Å². The van der Waals surface area contributed by atoms with E-state index in [0.717, 1.165) is 17.4 Å². The SMILES string of the molecule is COc1cccc(C#N)c1NC1CCC(C)CC1. The zero-order valence-corrected chi connectivity index (χ0v) is 11.1. The highest BCUT2D eigenvalue weighted by atomic mass is 16.5. The molecule has 2 rings (SSSR count). The minimum absolute atomic E-state index is 0.463. The summed E-state index contributed by atoms with van der Waals surface area (Å²) in [5.41, 5.74) is 1.51. The lowest BCUT2D eigenvalue weighted by molar-refractivity contribution is 0.359. The summed E-state index contributed by atoms with van der Waals surface area (Å²) < 4.78 is 5.34. The largest absolute Gasteiger partial charge is 0.495 e. The van der Waals surface area contributed by atoms with E-state index in [4.69, 9.17) is 10.00 Å². The van der Waals surface area contributed by atoms with Gasteiger partial charge in [-0.1, -0.05) is 13.0 Å². The normalized spacial score (nSPS) is 23.2. The van der Waals surface area contributed by atoms with Gasteiger partial charge in [-0.15, -0.1) is 0 Å². The van der Waals surface area contributed by atoms with Crippen LogP contribution in [0.25, 0.3) is 0 Å². The van der Waals surface area contributed by atoms with Gasteiger partial charge in [-0.2, -0.15) is 5.26 Å². The molecule has 0 aromatic heterocycles. The second-order valence-electron chi connectivity index (χ2n) is 5.10. The lowest BCUT2D eigenvalue weighted by Crippen LogP contribution is -2.25. The van der Waals surface area contributed by atoms with Crippen molar-refractivity contribution < 1.29 is 4.74 Å². The lowest BCUT2D eigenvalue weighted by Gasteiger charge is -2.28. The Hall–Kier alpha value is -1.69. The molecule has 1 N–H and O–H groups in total. The molecule has 1 saturated carbocycles. The number of nitrogens with one attached hydrogen (secondary N) is 1.